The maximum absolute atomic E-state index is 10.6. The number of hydrogen-bond acceptors (Lipinski definition) is 2. The fraction of sp³-hybridized carbons (Fsp3) is 0.533. The molecule has 1 N–H and O–H groups in total. The Morgan fingerprint density at radius 3 is 2.58 bits per heavy atom. The van der Waals surface area contributed by atoms with Crippen LogP contribution in [0.3, 0.4) is 0 Å². The van der Waals surface area contributed by atoms with Gasteiger partial charge in [-0.25, -0.2) is 0 Å². The zero-order chi connectivity index (χ0) is 14.4. The first kappa shape index (κ1) is 16.0. The number of rotatable bonds is 7. The topological polar surface area (TPSA) is 40.5 Å². The Labute approximate surface area is 120 Å². The SMILES string of the molecule is CC(C)N(CCCC(=O)O)C(C)c1cccc(Cl)c1. The molecule has 0 fully saturated rings. The van der Waals surface area contributed by atoms with E-state index in [-0.39, 0.29) is 12.5 Å². The van der Waals surface area contributed by atoms with Crippen LogP contribution in [0.1, 0.15) is 45.2 Å². The molecule has 0 heterocycles. The molecule has 1 atom stereocenters. The number of carboxylic acids is 1. The minimum absolute atomic E-state index is 0.214. The van der Waals surface area contributed by atoms with Gasteiger partial charge in [-0.05, 0) is 51.4 Å². The van der Waals surface area contributed by atoms with Crippen LogP contribution in [-0.2, 0) is 4.79 Å². The third-order valence-corrected chi connectivity index (χ3v) is 3.53. The first-order valence-corrected chi connectivity index (χ1v) is 7.02. The summed E-state index contributed by atoms with van der Waals surface area (Å²) in [6, 6.07) is 8.43. The average molecular weight is 284 g/mol. The molecule has 0 saturated heterocycles. The van der Waals surface area contributed by atoms with Crippen molar-refractivity contribution in [2.24, 2.45) is 0 Å². The highest BCUT2D eigenvalue weighted by Crippen LogP contribution is 2.25. The normalized spacial score (nSPS) is 12.9. The second kappa shape index (κ2) is 7.51. The third kappa shape index (κ3) is 5.21. The van der Waals surface area contributed by atoms with Crippen LogP contribution in [0.2, 0.25) is 5.02 Å². The molecule has 0 bridgehead atoms. The zero-order valence-corrected chi connectivity index (χ0v) is 12.5. The van der Waals surface area contributed by atoms with Crippen LogP contribution < -0.4 is 0 Å². The van der Waals surface area contributed by atoms with Crippen molar-refractivity contribution < 1.29 is 9.90 Å². The molecule has 0 amide bonds. The number of halogens is 1. The summed E-state index contributed by atoms with van der Waals surface area (Å²) in [5, 5.41) is 9.46. The molecule has 0 saturated carbocycles. The van der Waals surface area contributed by atoms with Crippen LogP contribution in [-0.4, -0.2) is 28.6 Å². The highest BCUT2D eigenvalue weighted by Gasteiger charge is 2.18. The third-order valence-electron chi connectivity index (χ3n) is 3.30. The maximum Gasteiger partial charge on any atom is 0.303 e. The van der Waals surface area contributed by atoms with E-state index in [1.807, 2.05) is 18.2 Å². The standard InChI is InChI=1S/C15H22ClNO2/c1-11(2)17(9-5-8-15(18)19)12(3)13-6-4-7-14(16)10-13/h4,6-7,10-12H,5,8-9H2,1-3H3,(H,18,19). The van der Waals surface area contributed by atoms with Gasteiger partial charge in [0.05, 0.1) is 0 Å². The van der Waals surface area contributed by atoms with Gasteiger partial charge in [0.2, 0.25) is 0 Å². The fourth-order valence-electron chi connectivity index (χ4n) is 2.27. The molecule has 1 unspecified atom stereocenters. The second-order valence-electron chi connectivity index (χ2n) is 5.06. The molecule has 1 aromatic carbocycles. The molecule has 0 aromatic heterocycles. The first-order valence-electron chi connectivity index (χ1n) is 6.64. The van der Waals surface area contributed by atoms with Gasteiger partial charge in [-0.15, -0.1) is 0 Å². The highest BCUT2D eigenvalue weighted by molar-refractivity contribution is 6.30. The maximum atomic E-state index is 10.6. The van der Waals surface area contributed by atoms with Crippen LogP contribution in [0.5, 0.6) is 0 Å². The van der Waals surface area contributed by atoms with Gasteiger partial charge in [0, 0.05) is 23.5 Å². The smallest absolute Gasteiger partial charge is 0.303 e. The Balaban J connectivity index is 2.72. The zero-order valence-electron chi connectivity index (χ0n) is 11.8. The molecule has 0 aliphatic rings. The Morgan fingerprint density at radius 1 is 1.37 bits per heavy atom. The second-order valence-corrected chi connectivity index (χ2v) is 5.50. The monoisotopic (exact) mass is 283 g/mol. The minimum Gasteiger partial charge on any atom is -0.481 e. The van der Waals surface area contributed by atoms with Gasteiger partial charge < -0.3 is 5.11 Å². The lowest BCUT2D eigenvalue weighted by atomic mass is 10.0. The Hall–Kier alpha value is -1.06. The van der Waals surface area contributed by atoms with Crippen molar-refractivity contribution in [2.75, 3.05) is 6.54 Å². The van der Waals surface area contributed by atoms with Gasteiger partial charge in [-0.2, -0.15) is 0 Å². The van der Waals surface area contributed by atoms with Crippen molar-refractivity contribution in [3.8, 4) is 0 Å². The Bertz CT molecular complexity index is 420. The molecule has 0 aliphatic heterocycles. The Kier molecular flexibility index (Phi) is 6.32. The summed E-state index contributed by atoms with van der Waals surface area (Å²) >= 11 is 6.02. The van der Waals surface area contributed by atoms with Gasteiger partial charge in [-0.1, -0.05) is 23.7 Å². The van der Waals surface area contributed by atoms with Crippen molar-refractivity contribution in [3.05, 3.63) is 34.9 Å². The molecular formula is C15H22ClNO2. The number of nitrogens with zero attached hydrogens (tertiary/aromatic N) is 1. The summed E-state index contributed by atoms with van der Waals surface area (Å²) in [6.07, 6.45) is 0.879. The molecular weight excluding hydrogens is 262 g/mol. The van der Waals surface area contributed by atoms with Crippen LogP contribution in [0.25, 0.3) is 0 Å². The van der Waals surface area contributed by atoms with E-state index in [9.17, 15) is 4.79 Å². The molecule has 1 rings (SSSR count). The van der Waals surface area contributed by atoms with Gasteiger partial charge in [0.15, 0.2) is 0 Å². The molecule has 0 spiro atoms. The van der Waals surface area contributed by atoms with Gasteiger partial charge >= 0.3 is 5.97 Å². The lowest BCUT2D eigenvalue weighted by molar-refractivity contribution is -0.137. The molecule has 19 heavy (non-hydrogen) atoms. The number of benzene rings is 1. The molecule has 3 nitrogen and oxygen atoms in total. The molecule has 1 aromatic rings. The van der Waals surface area contributed by atoms with Crippen LogP contribution in [0.4, 0.5) is 0 Å². The largest absolute Gasteiger partial charge is 0.481 e. The summed E-state index contributed by atoms with van der Waals surface area (Å²) in [4.78, 5) is 12.9. The number of hydrogen-bond donors (Lipinski definition) is 1. The average Bonchev–Trinajstić information content (AvgIpc) is 2.33. The molecule has 0 aliphatic carbocycles. The van der Waals surface area contributed by atoms with E-state index in [4.69, 9.17) is 16.7 Å². The predicted octanol–water partition coefficient (Wildman–Crippen LogP) is 3.98. The first-order chi connectivity index (χ1) is 8.91. The summed E-state index contributed by atoms with van der Waals surface area (Å²) in [6.45, 7) is 7.16. The van der Waals surface area contributed by atoms with Crippen LogP contribution in [0.15, 0.2) is 24.3 Å². The van der Waals surface area contributed by atoms with E-state index < -0.39 is 5.97 Å². The summed E-state index contributed by atoms with van der Waals surface area (Å²) in [5.74, 6) is -0.737. The van der Waals surface area contributed by atoms with E-state index in [2.05, 4.69) is 31.7 Å². The van der Waals surface area contributed by atoms with Crippen LogP contribution in [0, 0.1) is 0 Å². The van der Waals surface area contributed by atoms with E-state index in [0.717, 1.165) is 17.1 Å². The fourth-order valence-corrected chi connectivity index (χ4v) is 2.47. The lowest BCUT2D eigenvalue weighted by Gasteiger charge is -2.33. The Morgan fingerprint density at radius 2 is 2.05 bits per heavy atom. The number of carboxylic acid groups (broad SMARTS) is 1. The summed E-state index contributed by atoms with van der Waals surface area (Å²) < 4.78 is 0. The van der Waals surface area contributed by atoms with E-state index in [1.54, 1.807) is 0 Å². The van der Waals surface area contributed by atoms with Crippen molar-refractivity contribution in [2.45, 2.75) is 45.7 Å². The highest BCUT2D eigenvalue weighted by atomic mass is 35.5. The van der Waals surface area contributed by atoms with Crippen molar-refractivity contribution in [3.63, 3.8) is 0 Å². The lowest BCUT2D eigenvalue weighted by Crippen LogP contribution is -2.34. The number of aliphatic carboxylic acids is 1. The van der Waals surface area contributed by atoms with Crippen molar-refractivity contribution in [1.82, 2.24) is 4.90 Å². The summed E-state index contributed by atoms with van der Waals surface area (Å²) in [7, 11) is 0. The minimum atomic E-state index is -0.737. The van der Waals surface area contributed by atoms with E-state index >= 15 is 0 Å². The molecule has 106 valence electrons. The summed E-state index contributed by atoms with van der Waals surface area (Å²) in [5.41, 5.74) is 1.16. The van der Waals surface area contributed by atoms with Gasteiger partial charge in [-0.3, -0.25) is 9.69 Å². The van der Waals surface area contributed by atoms with Crippen molar-refractivity contribution in [1.29, 1.82) is 0 Å². The van der Waals surface area contributed by atoms with Crippen molar-refractivity contribution >= 4 is 17.6 Å². The predicted molar refractivity (Wildman–Crippen MR) is 78.6 cm³/mol. The van der Waals surface area contributed by atoms with E-state index in [1.165, 1.54) is 0 Å². The molecule has 0 radical (unpaired) electrons. The molecule has 4 heteroatoms. The number of carbonyl (C=O) groups is 1. The van der Waals surface area contributed by atoms with Gasteiger partial charge in [0.1, 0.15) is 0 Å². The van der Waals surface area contributed by atoms with Crippen LogP contribution >= 0.6 is 11.6 Å². The van der Waals surface area contributed by atoms with Gasteiger partial charge in [0.25, 0.3) is 0 Å². The quantitative estimate of drug-likeness (QED) is 0.823. The van der Waals surface area contributed by atoms with E-state index in [0.29, 0.717) is 12.5 Å².